The van der Waals surface area contributed by atoms with Crippen LogP contribution in [0.15, 0.2) is 35.2 Å². The van der Waals surface area contributed by atoms with Gasteiger partial charge >= 0.3 is 0 Å². The van der Waals surface area contributed by atoms with Gasteiger partial charge in [0.15, 0.2) is 0 Å². The number of hydrogen-bond donors (Lipinski definition) is 2. The number of amides is 1. The third kappa shape index (κ3) is 5.12. The van der Waals surface area contributed by atoms with Crippen molar-refractivity contribution >= 4 is 22.9 Å². The maximum absolute atomic E-state index is 12.1. The van der Waals surface area contributed by atoms with Gasteiger partial charge in [-0.1, -0.05) is 12.1 Å². The molecule has 1 atom stereocenters. The minimum absolute atomic E-state index is 0.0855. The number of hydrogen-bond acceptors (Lipinski definition) is 5. The number of rotatable bonds is 7. The van der Waals surface area contributed by atoms with Crippen LogP contribution in [0.25, 0.3) is 0 Å². The molecule has 24 heavy (non-hydrogen) atoms. The summed E-state index contributed by atoms with van der Waals surface area (Å²) >= 11 is 1.62. The van der Waals surface area contributed by atoms with Crippen molar-refractivity contribution in [2.24, 2.45) is 0 Å². The lowest BCUT2D eigenvalue weighted by Crippen LogP contribution is -2.27. The van der Waals surface area contributed by atoms with Gasteiger partial charge in [-0.25, -0.2) is 4.98 Å². The normalized spacial score (nSPS) is 17.3. The molecule has 1 aliphatic heterocycles. The number of thiazole rings is 1. The number of nitrogens with one attached hydrogen (secondary N) is 2. The average Bonchev–Trinajstić information content (AvgIpc) is 3.21. The number of carbonyl (C=O) groups is 1. The zero-order chi connectivity index (χ0) is 16.8. The van der Waals surface area contributed by atoms with Crippen molar-refractivity contribution < 1.29 is 4.79 Å². The fourth-order valence-electron chi connectivity index (χ4n) is 3.07. The van der Waals surface area contributed by atoms with Gasteiger partial charge in [-0.15, -0.1) is 11.3 Å². The second-order valence-corrected chi connectivity index (χ2v) is 7.12. The summed E-state index contributed by atoms with van der Waals surface area (Å²) in [7, 11) is 2.08. The standard InChI is InChI=1S/C18H24N4OS/c1-22(11-17-12-24-13-20-17)10-14-4-2-5-16(8-14)21-18(23)9-15-6-3-7-19-15/h2,4-5,8,12-13,15,19H,3,6-7,9-11H2,1H3,(H,21,23). The summed E-state index contributed by atoms with van der Waals surface area (Å²) in [5.41, 5.74) is 5.01. The first kappa shape index (κ1) is 17.1. The predicted molar refractivity (Wildman–Crippen MR) is 98.0 cm³/mol. The van der Waals surface area contributed by atoms with E-state index < -0.39 is 0 Å². The molecule has 1 saturated heterocycles. The number of nitrogens with zero attached hydrogens (tertiary/aromatic N) is 2. The van der Waals surface area contributed by atoms with E-state index in [0.29, 0.717) is 12.5 Å². The molecule has 128 valence electrons. The van der Waals surface area contributed by atoms with Gasteiger partial charge in [0.2, 0.25) is 5.91 Å². The molecule has 2 heterocycles. The smallest absolute Gasteiger partial charge is 0.225 e. The summed E-state index contributed by atoms with van der Waals surface area (Å²) in [6.45, 7) is 2.68. The number of benzene rings is 1. The van der Waals surface area contributed by atoms with Gasteiger partial charge < -0.3 is 10.6 Å². The van der Waals surface area contributed by atoms with Crippen molar-refractivity contribution in [3.05, 3.63) is 46.4 Å². The molecule has 3 rings (SSSR count). The van der Waals surface area contributed by atoms with Crippen molar-refractivity contribution in [2.75, 3.05) is 18.9 Å². The third-order valence-electron chi connectivity index (χ3n) is 4.17. The first-order chi connectivity index (χ1) is 11.7. The summed E-state index contributed by atoms with van der Waals surface area (Å²) in [6, 6.07) is 8.42. The molecule has 1 fully saturated rings. The van der Waals surface area contributed by atoms with Crippen molar-refractivity contribution in [2.45, 2.75) is 38.4 Å². The Balaban J connectivity index is 1.52. The summed E-state index contributed by atoms with van der Waals surface area (Å²) in [5.74, 6) is 0.0855. The van der Waals surface area contributed by atoms with E-state index in [1.54, 1.807) is 11.3 Å². The number of aromatic nitrogens is 1. The lowest BCUT2D eigenvalue weighted by Gasteiger charge is -2.16. The van der Waals surface area contributed by atoms with E-state index in [4.69, 9.17) is 0 Å². The molecule has 6 heteroatoms. The second kappa shape index (κ2) is 8.37. The molecule has 1 aromatic carbocycles. The van der Waals surface area contributed by atoms with E-state index in [1.165, 1.54) is 12.0 Å². The van der Waals surface area contributed by atoms with Crippen LogP contribution in [-0.4, -0.2) is 35.4 Å². The lowest BCUT2D eigenvalue weighted by atomic mass is 10.1. The SMILES string of the molecule is CN(Cc1cccc(NC(=O)CC2CCCN2)c1)Cc1cscn1. The Bertz CT molecular complexity index is 653. The van der Waals surface area contributed by atoms with Crippen LogP contribution < -0.4 is 10.6 Å². The van der Waals surface area contributed by atoms with Crippen molar-refractivity contribution in [3.8, 4) is 0 Å². The Labute approximate surface area is 147 Å². The van der Waals surface area contributed by atoms with Gasteiger partial charge in [0.05, 0.1) is 11.2 Å². The van der Waals surface area contributed by atoms with E-state index in [-0.39, 0.29) is 5.91 Å². The Morgan fingerprint density at radius 2 is 2.38 bits per heavy atom. The van der Waals surface area contributed by atoms with E-state index in [1.807, 2.05) is 17.6 Å². The maximum Gasteiger partial charge on any atom is 0.225 e. The zero-order valence-corrected chi connectivity index (χ0v) is 14.8. The van der Waals surface area contributed by atoms with Gasteiger partial charge in [-0.3, -0.25) is 9.69 Å². The van der Waals surface area contributed by atoms with Crippen LogP contribution >= 0.6 is 11.3 Å². The monoisotopic (exact) mass is 344 g/mol. The Morgan fingerprint density at radius 3 is 3.12 bits per heavy atom. The van der Waals surface area contributed by atoms with Crippen LogP contribution in [0, 0.1) is 0 Å². The molecule has 0 bridgehead atoms. The highest BCUT2D eigenvalue weighted by molar-refractivity contribution is 7.07. The molecule has 1 aromatic heterocycles. The maximum atomic E-state index is 12.1. The predicted octanol–water partition coefficient (Wildman–Crippen LogP) is 2.86. The average molecular weight is 344 g/mol. The molecule has 2 aromatic rings. The van der Waals surface area contributed by atoms with Crippen LogP contribution in [-0.2, 0) is 17.9 Å². The van der Waals surface area contributed by atoms with Crippen molar-refractivity contribution in [1.29, 1.82) is 0 Å². The molecular weight excluding hydrogens is 320 g/mol. The van der Waals surface area contributed by atoms with Gasteiger partial charge in [-0.05, 0) is 44.1 Å². The fourth-order valence-corrected chi connectivity index (χ4v) is 3.62. The molecule has 0 radical (unpaired) electrons. The largest absolute Gasteiger partial charge is 0.326 e. The quantitative estimate of drug-likeness (QED) is 0.811. The van der Waals surface area contributed by atoms with Gasteiger partial charge in [0, 0.05) is 36.6 Å². The lowest BCUT2D eigenvalue weighted by molar-refractivity contribution is -0.116. The van der Waals surface area contributed by atoms with E-state index >= 15 is 0 Å². The highest BCUT2D eigenvalue weighted by Gasteiger charge is 2.17. The first-order valence-corrected chi connectivity index (χ1v) is 9.31. The first-order valence-electron chi connectivity index (χ1n) is 8.37. The summed E-state index contributed by atoms with van der Waals surface area (Å²) in [6.07, 6.45) is 2.81. The van der Waals surface area contributed by atoms with Crippen LogP contribution in [0.2, 0.25) is 0 Å². The van der Waals surface area contributed by atoms with Gasteiger partial charge in [-0.2, -0.15) is 0 Å². The molecular formula is C18H24N4OS. The molecule has 5 nitrogen and oxygen atoms in total. The van der Waals surface area contributed by atoms with Gasteiger partial charge in [0.25, 0.3) is 0 Å². The van der Waals surface area contributed by atoms with E-state index in [2.05, 4.69) is 45.1 Å². The molecule has 1 aliphatic rings. The minimum atomic E-state index is 0.0855. The molecule has 1 amide bonds. The Kier molecular flexibility index (Phi) is 5.96. The fraction of sp³-hybridized carbons (Fsp3) is 0.444. The summed E-state index contributed by atoms with van der Waals surface area (Å²) in [5, 5.41) is 8.45. The third-order valence-corrected chi connectivity index (χ3v) is 4.81. The van der Waals surface area contributed by atoms with Crippen LogP contribution in [0.4, 0.5) is 5.69 Å². The highest BCUT2D eigenvalue weighted by Crippen LogP contribution is 2.15. The summed E-state index contributed by atoms with van der Waals surface area (Å²) < 4.78 is 0. The number of anilines is 1. The second-order valence-electron chi connectivity index (χ2n) is 6.40. The van der Waals surface area contributed by atoms with Crippen LogP contribution in [0.3, 0.4) is 0 Å². The molecule has 0 aliphatic carbocycles. The zero-order valence-electron chi connectivity index (χ0n) is 14.0. The van der Waals surface area contributed by atoms with E-state index in [9.17, 15) is 4.79 Å². The topological polar surface area (TPSA) is 57.3 Å². The minimum Gasteiger partial charge on any atom is -0.326 e. The Morgan fingerprint density at radius 1 is 1.46 bits per heavy atom. The van der Waals surface area contributed by atoms with Crippen molar-refractivity contribution in [3.63, 3.8) is 0 Å². The number of carbonyl (C=O) groups excluding carboxylic acids is 1. The van der Waals surface area contributed by atoms with E-state index in [0.717, 1.165) is 37.4 Å². The molecule has 2 N–H and O–H groups in total. The summed E-state index contributed by atoms with van der Waals surface area (Å²) in [4.78, 5) is 18.7. The van der Waals surface area contributed by atoms with Gasteiger partial charge in [0.1, 0.15) is 0 Å². The molecule has 1 unspecified atom stereocenters. The molecule has 0 spiro atoms. The molecule has 0 saturated carbocycles. The van der Waals surface area contributed by atoms with Crippen molar-refractivity contribution in [1.82, 2.24) is 15.2 Å². The Hall–Kier alpha value is -1.76. The van der Waals surface area contributed by atoms with Crippen LogP contribution in [0.1, 0.15) is 30.5 Å². The van der Waals surface area contributed by atoms with Crippen LogP contribution in [0.5, 0.6) is 0 Å². The highest BCUT2D eigenvalue weighted by atomic mass is 32.1.